The molecule has 0 amide bonds. The van der Waals surface area contributed by atoms with E-state index in [0.29, 0.717) is 6.42 Å². The summed E-state index contributed by atoms with van der Waals surface area (Å²) < 4.78 is 42.0. The van der Waals surface area contributed by atoms with Gasteiger partial charge in [0.05, 0.1) is 11.0 Å². The van der Waals surface area contributed by atoms with Gasteiger partial charge in [0.25, 0.3) is 0 Å². The molecule has 1 heterocycles. The normalized spacial score (nSPS) is 18.7. The Hall–Kier alpha value is -2.56. The van der Waals surface area contributed by atoms with Gasteiger partial charge < -0.3 is 4.90 Å². The van der Waals surface area contributed by atoms with E-state index in [2.05, 4.69) is 56.0 Å². The Morgan fingerprint density at radius 3 is 2.23 bits per heavy atom. The average molecular weight is 430 g/mol. The van der Waals surface area contributed by atoms with E-state index in [1.165, 1.54) is 23.4 Å². The van der Waals surface area contributed by atoms with Crippen LogP contribution in [-0.2, 0) is 11.6 Å². The molecule has 31 heavy (non-hydrogen) atoms. The Morgan fingerprint density at radius 2 is 1.68 bits per heavy atom. The first-order chi connectivity index (χ1) is 14.6. The molecule has 0 saturated carbocycles. The first kappa shape index (κ1) is 23.1. The van der Waals surface area contributed by atoms with Crippen molar-refractivity contribution in [1.29, 1.82) is 0 Å². The molecule has 0 radical (unpaired) electrons. The first-order valence-electron chi connectivity index (χ1n) is 10.9. The molecule has 0 fully saturated rings. The highest BCUT2D eigenvalue weighted by atomic mass is 19.4. The summed E-state index contributed by atoms with van der Waals surface area (Å²) in [4.78, 5) is 2.31. The zero-order chi connectivity index (χ0) is 23.0. The van der Waals surface area contributed by atoms with Crippen molar-refractivity contribution < 1.29 is 17.7 Å². The maximum absolute atomic E-state index is 13.3. The summed E-state index contributed by atoms with van der Waals surface area (Å²) in [6.07, 6.45) is 0.517. The second-order valence-electron chi connectivity index (χ2n) is 8.41. The molecule has 1 atom stereocenters. The van der Waals surface area contributed by atoms with Crippen LogP contribution in [0.2, 0.25) is 0 Å². The predicted molar refractivity (Wildman–Crippen MR) is 124 cm³/mol. The van der Waals surface area contributed by atoms with Gasteiger partial charge in [-0.15, -0.1) is 0 Å². The highest BCUT2D eigenvalue weighted by molar-refractivity contribution is 6.05. The number of nitrogens with zero attached hydrogens (tertiary/aromatic N) is 2. The predicted octanol–water partition coefficient (Wildman–Crippen LogP) is 6.97. The fourth-order valence-corrected chi connectivity index (χ4v) is 4.55. The van der Waals surface area contributed by atoms with Crippen LogP contribution >= 0.6 is 0 Å². The average Bonchev–Trinajstić information content (AvgIpc) is 2.95. The third-order valence-electron chi connectivity index (χ3n) is 6.72. The van der Waals surface area contributed by atoms with Crippen molar-refractivity contribution in [2.24, 2.45) is 0 Å². The van der Waals surface area contributed by atoms with E-state index in [0.717, 1.165) is 35.6 Å². The molecule has 5 heteroatoms. The van der Waals surface area contributed by atoms with Crippen molar-refractivity contribution in [2.45, 2.75) is 52.6 Å². The van der Waals surface area contributed by atoms with E-state index in [1.807, 2.05) is 25.5 Å². The van der Waals surface area contributed by atoms with Crippen LogP contribution in [0.1, 0.15) is 56.4 Å². The summed E-state index contributed by atoms with van der Waals surface area (Å²) in [5.74, 6) is 0. The minimum absolute atomic E-state index is 0.475. The summed E-state index contributed by atoms with van der Waals surface area (Å²) in [6.45, 7) is 12.4. The van der Waals surface area contributed by atoms with Gasteiger partial charge in [-0.2, -0.15) is 17.7 Å². The Balaban J connectivity index is 1.99. The van der Waals surface area contributed by atoms with Crippen LogP contribution in [-0.4, -0.2) is 30.4 Å². The van der Waals surface area contributed by atoms with Gasteiger partial charge in [0.1, 0.15) is 7.05 Å². The molecule has 0 bridgehead atoms. The van der Waals surface area contributed by atoms with Gasteiger partial charge >= 0.3 is 6.18 Å². The SMILES string of the molecule is CCN(CC)c1ccc(/C=C/C2=[N+](C)c3ccc(C(F)(F)F)cc3C2(C)CC)c(C)c1. The maximum Gasteiger partial charge on any atom is 0.416 e. The Labute approximate surface area is 183 Å². The topological polar surface area (TPSA) is 6.25 Å². The van der Waals surface area contributed by atoms with Crippen molar-refractivity contribution >= 4 is 23.2 Å². The van der Waals surface area contributed by atoms with Crippen LogP contribution in [0, 0.1) is 6.92 Å². The lowest BCUT2D eigenvalue weighted by Crippen LogP contribution is -2.29. The molecule has 0 saturated heterocycles. The molecule has 0 aliphatic carbocycles. The minimum Gasteiger partial charge on any atom is -0.372 e. The monoisotopic (exact) mass is 429 g/mol. The van der Waals surface area contributed by atoms with Gasteiger partial charge in [-0.1, -0.05) is 13.0 Å². The van der Waals surface area contributed by atoms with Crippen molar-refractivity contribution in [3.63, 3.8) is 0 Å². The van der Waals surface area contributed by atoms with E-state index in [-0.39, 0.29) is 0 Å². The number of hydrogen-bond acceptors (Lipinski definition) is 1. The molecule has 1 aliphatic rings. The molecule has 0 N–H and O–H groups in total. The van der Waals surface area contributed by atoms with E-state index in [1.54, 1.807) is 6.07 Å². The van der Waals surface area contributed by atoms with Crippen LogP contribution < -0.4 is 4.90 Å². The van der Waals surface area contributed by atoms with Gasteiger partial charge in [-0.3, -0.25) is 0 Å². The standard InChI is InChI=1S/C26H32F3N2/c1-7-25(5)22-17-20(26(27,28)29)12-14-23(22)30(6)24(25)15-11-19-10-13-21(16-18(19)4)31(8-2)9-3/h10-17H,7-9H2,1-6H3/q+1. The summed E-state index contributed by atoms with van der Waals surface area (Å²) in [7, 11) is 1.93. The molecular formula is C26H32F3N2+. The molecule has 3 rings (SSSR count). The molecule has 0 spiro atoms. The third kappa shape index (κ3) is 4.15. The number of benzene rings is 2. The second kappa shape index (κ2) is 8.52. The molecular weight excluding hydrogens is 397 g/mol. The van der Waals surface area contributed by atoms with Gasteiger partial charge in [0, 0.05) is 36.5 Å². The third-order valence-corrected chi connectivity index (χ3v) is 6.72. The van der Waals surface area contributed by atoms with Crippen molar-refractivity contribution in [3.05, 3.63) is 64.7 Å². The minimum atomic E-state index is -4.34. The number of anilines is 1. The fraction of sp³-hybridized carbons (Fsp3) is 0.423. The second-order valence-corrected chi connectivity index (χ2v) is 8.41. The Morgan fingerprint density at radius 1 is 1.00 bits per heavy atom. The zero-order valence-electron chi connectivity index (χ0n) is 19.3. The van der Waals surface area contributed by atoms with E-state index >= 15 is 0 Å². The number of fused-ring (bicyclic) bond motifs is 1. The smallest absolute Gasteiger partial charge is 0.372 e. The summed E-state index contributed by atoms with van der Waals surface area (Å²) in [6, 6.07) is 10.5. The number of alkyl halides is 3. The summed E-state index contributed by atoms with van der Waals surface area (Å²) in [5, 5.41) is 0. The quantitative estimate of drug-likeness (QED) is 0.450. The van der Waals surface area contributed by atoms with E-state index in [9.17, 15) is 13.2 Å². The lowest BCUT2D eigenvalue weighted by atomic mass is 9.76. The number of allylic oxidation sites excluding steroid dienone is 1. The summed E-state index contributed by atoms with van der Waals surface area (Å²) >= 11 is 0. The molecule has 2 aromatic carbocycles. The van der Waals surface area contributed by atoms with Crippen LogP contribution in [0.4, 0.5) is 24.5 Å². The van der Waals surface area contributed by atoms with Crippen molar-refractivity contribution in [3.8, 4) is 0 Å². The van der Waals surface area contributed by atoms with Gasteiger partial charge in [0.15, 0.2) is 5.71 Å². The largest absolute Gasteiger partial charge is 0.416 e. The fourth-order valence-electron chi connectivity index (χ4n) is 4.55. The lowest BCUT2D eigenvalue weighted by Gasteiger charge is -2.22. The number of hydrogen-bond donors (Lipinski definition) is 0. The molecule has 1 aliphatic heterocycles. The Bertz CT molecular complexity index is 1030. The molecule has 2 aromatic rings. The number of rotatable bonds is 6. The summed E-state index contributed by atoms with van der Waals surface area (Å²) in [5.41, 5.74) is 5.02. The zero-order valence-corrected chi connectivity index (χ0v) is 19.3. The van der Waals surface area contributed by atoms with Crippen molar-refractivity contribution in [2.75, 3.05) is 25.0 Å². The highest BCUT2D eigenvalue weighted by Gasteiger charge is 2.46. The van der Waals surface area contributed by atoms with Crippen LogP contribution in [0.25, 0.3) is 6.08 Å². The van der Waals surface area contributed by atoms with Gasteiger partial charge in [-0.05, 0) is 75.6 Å². The lowest BCUT2D eigenvalue weighted by molar-refractivity contribution is -0.401. The van der Waals surface area contributed by atoms with Gasteiger partial charge in [-0.25, -0.2) is 0 Å². The molecule has 166 valence electrons. The molecule has 0 aromatic heterocycles. The number of halogens is 3. The van der Waals surface area contributed by atoms with Crippen LogP contribution in [0.15, 0.2) is 42.5 Å². The first-order valence-corrected chi connectivity index (χ1v) is 10.9. The van der Waals surface area contributed by atoms with Crippen LogP contribution in [0.5, 0.6) is 0 Å². The molecule has 2 nitrogen and oxygen atoms in total. The highest BCUT2D eigenvalue weighted by Crippen LogP contribution is 2.44. The van der Waals surface area contributed by atoms with Gasteiger partial charge in [0.2, 0.25) is 5.69 Å². The van der Waals surface area contributed by atoms with E-state index in [4.69, 9.17) is 0 Å². The number of aryl methyl sites for hydroxylation is 1. The van der Waals surface area contributed by atoms with E-state index < -0.39 is 17.2 Å². The maximum atomic E-state index is 13.3. The molecule has 1 unspecified atom stereocenters. The van der Waals surface area contributed by atoms with Crippen molar-refractivity contribution in [1.82, 2.24) is 0 Å². The Kier molecular flexibility index (Phi) is 6.35. The van der Waals surface area contributed by atoms with Crippen LogP contribution in [0.3, 0.4) is 0 Å².